The number of benzene rings is 2. The molecule has 2 aromatic carbocycles. The van der Waals surface area contributed by atoms with Gasteiger partial charge in [-0.1, -0.05) is 52.2 Å². The first-order chi connectivity index (χ1) is 24.3. The number of ether oxygens (including phenoxy) is 2. The molecular weight excluding hydrogens is 713 g/mol. The Bertz CT molecular complexity index is 2010. The summed E-state index contributed by atoms with van der Waals surface area (Å²) < 4.78 is 54.5. The number of allylic oxidation sites excluding steroid dienone is 1. The molecule has 2 unspecified atom stereocenters. The molecule has 13 heteroatoms. The quantitative estimate of drug-likeness (QED) is 0.147. The van der Waals surface area contributed by atoms with Gasteiger partial charge in [0.1, 0.15) is 34.6 Å². The number of rotatable bonds is 5. The first-order valence-electron chi connectivity index (χ1n) is 16.6. The van der Waals surface area contributed by atoms with Crippen LogP contribution in [0.15, 0.2) is 48.7 Å². The second-order valence-electron chi connectivity index (χ2n) is 13.0. The van der Waals surface area contributed by atoms with Gasteiger partial charge in [0.05, 0.1) is 31.3 Å². The van der Waals surface area contributed by atoms with E-state index in [-0.39, 0.29) is 28.7 Å². The monoisotopic (exact) mass is 748 g/mol. The topological polar surface area (TPSA) is 83.9 Å². The molecule has 4 aromatic rings. The SMILES string of the molecule is C#Cc1c(F)ccc2cccc(-c3ncc4c(N5CCN(C(=O)/C=C/CBr)C6(COC6)C5)nc(OC)nc4c3F)c12.FC1CC2CCCN2C1. The normalized spacial score (nSPS) is 21.3. The van der Waals surface area contributed by atoms with Crippen molar-refractivity contribution in [1.29, 1.82) is 0 Å². The molecule has 0 N–H and O–H groups in total. The van der Waals surface area contributed by atoms with E-state index in [1.54, 1.807) is 36.4 Å². The summed E-state index contributed by atoms with van der Waals surface area (Å²) in [4.78, 5) is 32.4. The molecule has 0 radical (unpaired) electrons. The summed E-state index contributed by atoms with van der Waals surface area (Å²) in [5.74, 6) is 1.46. The molecule has 1 spiro atoms. The van der Waals surface area contributed by atoms with Gasteiger partial charge in [0.25, 0.3) is 0 Å². The van der Waals surface area contributed by atoms with Crippen molar-refractivity contribution < 1.29 is 27.4 Å². The Morgan fingerprint density at radius 2 is 2.04 bits per heavy atom. The highest BCUT2D eigenvalue weighted by atomic mass is 79.9. The summed E-state index contributed by atoms with van der Waals surface area (Å²) >= 11 is 3.31. The number of alkyl halides is 2. The van der Waals surface area contributed by atoms with E-state index in [0.717, 1.165) is 13.0 Å². The molecule has 9 nitrogen and oxygen atoms in total. The lowest BCUT2D eigenvalue weighted by atomic mass is 9.91. The van der Waals surface area contributed by atoms with Crippen LogP contribution in [0.3, 0.4) is 0 Å². The highest BCUT2D eigenvalue weighted by Crippen LogP contribution is 2.38. The van der Waals surface area contributed by atoms with Crippen molar-refractivity contribution in [2.45, 2.75) is 37.0 Å². The standard InChI is InChI=1S/C30H24BrF2N5O3.C7H12FN/c1-3-19-22(32)10-9-18-6-4-7-20(24(18)19)26-25(33)27-21(14-34-26)28(36-29(35-27)40-2)37-12-13-38(23(39)8-5-11-31)30(15-37)16-41-17-30;8-6-4-7-2-1-3-9(7)5-6/h1,4-10,14H,11-13,15-17H2,2H3;6-7H,1-5H2/b8-5+;. The number of pyridine rings is 1. The van der Waals surface area contributed by atoms with Gasteiger partial charge in [0, 0.05) is 54.7 Å². The summed E-state index contributed by atoms with van der Waals surface area (Å²) in [5.41, 5.74) is -0.171. The predicted octanol–water partition coefficient (Wildman–Crippen LogP) is 5.67. The maximum atomic E-state index is 16.3. The summed E-state index contributed by atoms with van der Waals surface area (Å²) in [6.07, 6.45) is 13.3. The van der Waals surface area contributed by atoms with Gasteiger partial charge in [-0.2, -0.15) is 9.97 Å². The summed E-state index contributed by atoms with van der Waals surface area (Å²) in [5, 5.41) is 2.01. The summed E-state index contributed by atoms with van der Waals surface area (Å²) in [6, 6.07) is 8.65. The number of hydrogen-bond donors (Lipinski definition) is 0. The van der Waals surface area contributed by atoms with Gasteiger partial charge in [0.15, 0.2) is 5.82 Å². The number of terminal acetylenes is 1. The van der Waals surface area contributed by atoms with Crippen molar-refractivity contribution in [1.82, 2.24) is 24.8 Å². The van der Waals surface area contributed by atoms with Crippen molar-refractivity contribution in [2.24, 2.45) is 0 Å². The van der Waals surface area contributed by atoms with Gasteiger partial charge in [-0.15, -0.1) is 6.42 Å². The minimum Gasteiger partial charge on any atom is -0.467 e. The molecule has 4 aliphatic rings. The lowest BCUT2D eigenvalue weighted by Crippen LogP contribution is -2.72. The van der Waals surface area contributed by atoms with Crippen LogP contribution in [0.2, 0.25) is 0 Å². The van der Waals surface area contributed by atoms with Crippen molar-refractivity contribution in [3.05, 3.63) is 65.9 Å². The zero-order chi connectivity index (χ0) is 35.0. The Hall–Kier alpha value is -4.25. The van der Waals surface area contributed by atoms with Crippen molar-refractivity contribution in [3.8, 4) is 29.6 Å². The number of aromatic nitrogens is 3. The minimum atomic E-state index is -0.709. The third-order valence-corrected chi connectivity index (χ3v) is 10.4. The number of methoxy groups -OCH3 is 1. The molecular formula is C37H36BrF3N6O3. The third-order valence-electron chi connectivity index (χ3n) is 9.99. The molecule has 6 heterocycles. The average molecular weight is 750 g/mol. The number of fused-ring (bicyclic) bond motifs is 3. The fourth-order valence-electron chi connectivity index (χ4n) is 7.58. The molecule has 50 heavy (non-hydrogen) atoms. The average Bonchev–Trinajstić information content (AvgIpc) is 3.70. The Labute approximate surface area is 296 Å². The number of amides is 1. The van der Waals surface area contributed by atoms with Crippen LogP contribution < -0.4 is 9.64 Å². The molecule has 0 aliphatic carbocycles. The highest BCUT2D eigenvalue weighted by molar-refractivity contribution is 9.09. The molecule has 260 valence electrons. The molecule has 0 bridgehead atoms. The zero-order valence-electron chi connectivity index (χ0n) is 27.5. The second-order valence-corrected chi connectivity index (χ2v) is 13.6. The van der Waals surface area contributed by atoms with Crippen molar-refractivity contribution in [2.75, 3.05) is 63.3 Å². The Morgan fingerprint density at radius 3 is 2.76 bits per heavy atom. The lowest BCUT2D eigenvalue weighted by molar-refractivity contribution is -0.164. The number of halogens is 4. The van der Waals surface area contributed by atoms with Crippen LogP contribution in [0.25, 0.3) is 32.9 Å². The van der Waals surface area contributed by atoms with Gasteiger partial charge >= 0.3 is 6.01 Å². The minimum absolute atomic E-state index is 0.00480. The summed E-state index contributed by atoms with van der Waals surface area (Å²) in [7, 11) is 1.41. The maximum absolute atomic E-state index is 16.3. The van der Waals surface area contributed by atoms with Gasteiger partial charge in [-0.25, -0.2) is 13.2 Å². The second kappa shape index (κ2) is 14.2. The molecule has 4 fully saturated rings. The Morgan fingerprint density at radius 1 is 1.20 bits per heavy atom. The molecule has 2 atom stereocenters. The van der Waals surface area contributed by atoms with E-state index in [9.17, 15) is 13.6 Å². The Kier molecular flexibility index (Phi) is 9.69. The molecule has 4 saturated heterocycles. The predicted molar refractivity (Wildman–Crippen MR) is 189 cm³/mol. The smallest absolute Gasteiger partial charge is 0.318 e. The lowest BCUT2D eigenvalue weighted by Gasteiger charge is -2.55. The fourth-order valence-corrected chi connectivity index (χ4v) is 7.77. The van der Waals surface area contributed by atoms with Crippen LogP contribution >= 0.6 is 15.9 Å². The molecule has 2 aromatic heterocycles. The number of carbonyl (C=O) groups excluding carboxylic acids is 1. The highest BCUT2D eigenvalue weighted by Gasteiger charge is 2.50. The summed E-state index contributed by atoms with van der Waals surface area (Å²) in [6.45, 7) is 3.91. The van der Waals surface area contributed by atoms with Crippen LogP contribution in [-0.2, 0) is 9.53 Å². The van der Waals surface area contributed by atoms with E-state index < -0.39 is 23.3 Å². The van der Waals surface area contributed by atoms with Gasteiger partial charge in [0.2, 0.25) is 5.91 Å². The maximum Gasteiger partial charge on any atom is 0.318 e. The Balaban J connectivity index is 0.000000375. The van der Waals surface area contributed by atoms with E-state index >= 15 is 4.39 Å². The third kappa shape index (κ3) is 6.18. The van der Waals surface area contributed by atoms with Crippen molar-refractivity contribution in [3.63, 3.8) is 0 Å². The number of piperazine rings is 1. The molecule has 8 rings (SSSR count). The first kappa shape index (κ1) is 34.2. The van der Waals surface area contributed by atoms with Crippen LogP contribution in [0.1, 0.15) is 24.8 Å². The molecule has 0 saturated carbocycles. The van der Waals surface area contributed by atoms with Crippen LogP contribution in [0, 0.1) is 24.0 Å². The molecule has 4 aliphatic heterocycles. The van der Waals surface area contributed by atoms with Gasteiger partial charge < -0.3 is 19.3 Å². The first-order valence-corrected chi connectivity index (χ1v) is 17.7. The number of carbonyl (C=O) groups is 1. The van der Waals surface area contributed by atoms with Crippen molar-refractivity contribution >= 4 is 49.3 Å². The van der Waals surface area contributed by atoms with E-state index in [1.807, 2.05) is 9.80 Å². The van der Waals surface area contributed by atoms with E-state index in [0.29, 0.717) is 78.3 Å². The molecule has 1 amide bonds. The fraction of sp³-hybridized carbons (Fsp3) is 0.405. The van der Waals surface area contributed by atoms with Crippen LogP contribution in [0.4, 0.5) is 19.0 Å². The number of nitrogens with zero attached hydrogens (tertiary/aromatic N) is 6. The van der Waals surface area contributed by atoms with Gasteiger partial charge in [-0.3, -0.25) is 14.7 Å². The van der Waals surface area contributed by atoms with E-state index in [4.69, 9.17) is 15.9 Å². The number of hydrogen-bond acceptors (Lipinski definition) is 8. The van der Waals surface area contributed by atoms with E-state index in [1.165, 1.54) is 32.2 Å². The number of anilines is 1. The van der Waals surface area contributed by atoms with E-state index in [2.05, 4.69) is 41.7 Å². The zero-order valence-corrected chi connectivity index (χ0v) is 29.1. The largest absolute Gasteiger partial charge is 0.467 e. The van der Waals surface area contributed by atoms with Gasteiger partial charge in [-0.05, 0) is 43.3 Å². The van der Waals surface area contributed by atoms with Crippen LogP contribution in [-0.4, -0.2) is 107 Å². The van der Waals surface area contributed by atoms with Crippen LogP contribution in [0.5, 0.6) is 6.01 Å².